The number of carbonyl (C=O) groups excluding carboxylic acids is 1. The Morgan fingerprint density at radius 1 is 1.59 bits per heavy atom. The molecule has 0 spiro atoms. The number of ether oxygens (including phenoxy) is 2. The molecule has 0 aliphatic carbocycles. The Balaban J connectivity index is 2.02. The number of nitrogen functional groups attached to an aromatic ring is 1. The number of amides is 1. The van der Waals surface area contributed by atoms with Crippen LogP contribution in [0, 0.1) is 0 Å². The van der Waals surface area contributed by atoms with Crippen LogP contribution >= 0.6 is 15.9 Å². The number of aromatic nitrogens is 1. The van der Waals surface area contributed by atoms with Crippen molar-refractivity contribution in [1.29, 1.82) is 0 Å². The second-order valence-corrected chi connectivity index (χ2v) is 4.38. The predicted molar refractivity (Wildman–Crippen MR) is 65.5 cm³/mol. The monoisotopic (exact) mass is 301 g/mol. The van der Waals surface area contributed by atoms with Crippen molar-refractivity contribution in [3.05, 3.63) is 16.7 Å². The number of nitrogens with two attached hydrogens (primary N) is 1. The lowest BCUT2D eigenvalue weighted by atomic mass is 10.3. The van der Waals surface area contributed by atoms with Gasteiger partial charge in [0.1, 0.15) is 5.82 Å². The lowest BCUT2D eigenvalue weighted by Gasteiger charge is -2.22. The normalized spacial score (nSPS) is 19.9. The van der Waals surface area contributed by atoms with Gasteiger partial charge in [0.05, 0.1) is 36.2 Å². The molecular weight excluding hydrogens is 290 g/mol. The Bertz CT molecular complexity index is 421. The molecule has 6 nitrogen and oxygen atoms in total. The van der Waals surface area contributed by atoms with Crippen molar-refractivity contribution >= 4 is 33.3 Å². The highest BCUT2D eigenvalue weighted by Crippen LogP contribution is 2.22. The lowest BCUT2D eigenvalue weighted by molar-refractivity contribution is -0.142. The van der Waals surface area contributed by atoms with E-state index in [9.17, 15) is 4.79 Å². The van der Waals surface area contributed by atoms with Gasteiger partial charge in [-0.05, 0) is 22.0 Å². The van der Waals surface area contributed by atoms with E-state index < -0.39 is 6.10 Å². The van der Waals surface area contributed by atoms with Crippen LogP contribution in [-0.2, 0) is 14.3 Å². The van der Waals surface area contributed by atoms with E-state index >= 15 is 0 Å². The van der Waals surface area contributed by atoms with E-state index in [0.717, 1.165) is 0 Å². The Kier molecular flexibility index (Phi) is 3.93. The first-order chi connectivity index (χ1) is 8.16. The number of nitrogens with zero attached hydrogens (tertiary/aromatic N) is 1. The van der Waals surface area contributed by atoms with Crippen LogP contribution in [-0.4, -0.2) is 36.8 Å². The second kappa shape index (κ2) is 5.44. The SMILES string of the molecule is Nc1cnc(NC(=O)C2COCCO2)c(Br)c1. The molecule has 1 saturated heterocycles. The van der Waals surface area contributed by atoms with E-state index in [2.05, 4.69) is 26.2 Å². The summed E-state index contributed by atoms with van der Waals surface area (Å²) < 4.78 is 11.1. The van der Waals surface area contributed by atoms with Crippen molar-refractivity contribution in [2.75, 3.05) is 30.9 Å². The van der Waals surface area contributed by atoms with Crippen molar-refractivity contribution < 1.29 is 14.3 Å². The summed E-state index contributed by atoms with van der Waals surface area (Å²) in [7, 11) is 0. The number of carbonyl (C=O) groups is 1. The molecule has 2 rings (SSSR count). The summed E-state index contributed by atoms with van der Waals surface area (Å²) in [5, 5.41) is 2.65. The Labute approximate surface area is 107 Å². The summed E-state index contributed by atoms with van der Waals surface area (Å²) in [5.74, 6) is 0.140. The van der Waals surface area contributed by atoms with Gasteiger partial charge < -0.3 is 20.5 Å². The fourth-order valence-electron chi connectivity index (χ4n) is 1.38. The molecule has 1 unspecified atom stereocenters. The number of halogens is 1. The van der Waals surface area contributed by atoms with Gasteiger partial charge in [0.15, 0.2) is 6.10 Å². The molecule has 1 aliphatic heterocycles. The number of anilines is 2. The molecule has 0 bridgehead atoms. The van der Waals surface area contributed by atoms with E-state index in [1.54, 1.807) is 6.07 Å². The van der Waals surface area contributed by atoms with Crippen LogP contribution in [0.5, 0.6) is 0 Å². The van der Waals surface area contributed by atoms with Crippen molar-refractivity contribution in [2.45, 2.75) is 6.10 Å². The Morgan fingerprint density at radius 3 is 3.06 bits per heavy atom. The highest BCUT2D eigenvalue weighted by molar-refractivity contribution is 9.10. The molecule has 1 aliphatic rings. The molecule has 17 heavy (non-hydrogen) atoms. The van der Waals surface area contributed by atoms with E-state index in [4.69, 9.17) is 15.2 Å². The summed E-state index contributed by atoms with van der Waals surface area (Å²) >= 11 is 3.27. The first-order valence-corrected chi connectivity index (χ1v) is 5.87. The molecule has 3 N–H and O–H groups in total. The largest absolute Gasteiger partial charge is 0.397 e. The highest BCUT2D eigenvalue weighted by Gasteiger charge is 2.23. The van der Waals surface area contributed by atoms with Crippen LogP contribution in [0.15, 0.2) is 16.7 Å². The molecule has 1 aromatic heterocycles. The number of pyridine rings is 1. The molecule has 0 aromatic carbocycles. The van der Waals surface area contributed by atoms with Crippen LogP contribution in [0.2, 0.25) is 0 Å². The smallest absolute Gasteiger partial charge is 0.257 e. The Morgan fingerprint density at radius 2 is 2.41 bits per heavy atom. The molecule has 0 saturated carbocycles. The molecule has 1 fully saturated rings. The van der Waals surface area contributed by atoms with Crippen molar-refractivity contribution in [3.63, 3.8) is 0 Å². The lowest BCUT2D eigenvalue weighted by Crippen LogP contribution is -2.39. The van der Waals surface area contributed by atoms with E-state index in [1.807, 2.05) is 0 Å². The minimum atomic E-state index is -0.588. The molecule has 92 valence electrons. The quantitative estimate of drug-likeness (QED) is 0.843. The van der Waals surface area contributed by atoms with E-state index in [0.29, 0.717) is 29.2 Å². The van der Waals surface area contributed by atoms with Crippen LogP contribution < -0.4 is 11.1 Å². The maximum atomic E-state index is 11.8. The van der Waals surface area contributed by atoms with Crippen LogP contribution in [0.3, 0.4) is 0 Å². The number of nitrogens with one attached hydrogen (secondary N) is 1. The van der Waals surface area contributed by atoms with Gasteiger partial charge in [0.25, 0.3) is 5.91 Å². The van der Waals surface area contributed by atoms with Gasteiger partial charge in [0, 0.05) is 0 Å². The summed E-state index contributed by atoms with van der Waals surface area (Å²) in [6.07, 6.45) is 0.883. The molecular formula is C10H12BrN3O3. The van der Waals surface area contributed by atoms with Gasteiger partial charge in [0.2, 0.25) is 0 Å². The predicted octanol–water partition coefficient (Wildman–Crippen LogP) is 0.780. The molecule has 2 heterocycles. The summed E-state index contributed by atoms with van der Waals surface area (Å²) in [6, 6.07) is 1.67. The molecule has 1 aromatic rings. The van der Waals surface area contributed by atoms with E-state index in [1.165, 1.54) is 6.20 Å². The maximum Gasteiger partial charge on any atom is 0.257 e. The van der Waals surface area contributed by atoms with Gasteiger partial charge in [-0.3, -0.25) is 4.79 Å². The number of rotatable bonds is 2. The third-order valence-electron chi connectivity index (χ3n) is 2.21. The van der Waals surface area contributed by atoms with Crippen LogP contribution in [0.4, 0.5) is 11.5 Å². The molecule has 1 amide bonds. The van der Waals surface area contributed by atoms with Gasteiger partial charge >= 0.3 is 0 Å². The van der Waals surface area contributed by atoms with E-state index in [-0.39, 0.29) is 12.5 Å². The average molecular weight is 302 g/mol. The maximum absolute atomic E-state index is 11.8. The zero-order valence-corrected chi connectivity index (χ0v) is 10.6. The first kappa shape index (κ1) is 12.3. The second-order valence-electron chi connectivity index (χ2n) is 3.52. The van der Waals surface area contributed by atoms with Crippen molar-refractivity contribution in [2.24, 2.45) is 0 Å². The summed E-state index contributed by atoms with van der Waals surface area (Å²) in [5.41, 5.74) is 6.07. The first-order valence-electron chi connectivity index (χ1n) is 5.08. The van der Waals surface area contributed by atoms with Crippen molar-refractivity contribution in [3.8, 4) is 0 Å². The van der Waals surface area contributed by atoms with Gasteiger partial charge in [-0.15, -0.1) is 0 Å². The van der Waals surface area contributed by atoms with Gasteiger partial charge in [-0.1, -0.05) is 0 Å². The molecule has 7 heteroatoms. The summed E-state index contributed by atoms with van der Waals surface area (Å²) in [6.45, 7) is 1.21. The van der Waals surface area contributed by atoms with Crippen LogP contribution in [0.1, 0.15) is 0 Å². The third-order valence-corrected chi connectivity index (χ3v) is 2.82. The minimum absolute atomic E-state index is 0.262. The summed E-state index contributed by atoms with van der Waals surface area (Å²) in [4.78, 5) is 15.8. The zero-order chi connectivity index (χ0) is 12.3. The number of hydrogen-bond acceptors (Lipinski definition) is 5. The average Bonchev–Trinajstić information content (AvgIpc) is 2.34. The fourth-order valence-corrected chi connectivity index (χ4v) is 1.85. The Hall–Kier alpha value is -1.18. The van der Waals surface area contributed by atoms with Crippen molar-refractivity contribution in [1.82, 2.24) is 4.98 Å². The fraction of sp³-hybridized carbons (Fsp3) is 0.400. The highest BCUT2D eigenvalue weighted by atomic mass is 79.9. The third kappa shape index (κ3) is 3.15. The topological polar surface area (TPSA) is 86.5 Å². The molecule has 1 atom stereocenters. The zero-order valence-electron chi connectivity index (χ0n) is 8.98. The van der Waals surface area contributed by atoms with Gasteiger partial charge in [-0.2, -0.15) is 0 Å². The minimum Gasteiger partial charge on any atom is -0.397 e. The number of hydrogen-bond donors (Lipinski definition) is 2. The standard InChI is InChI=1S/C10H12BrN3O3/c11-7-3-6(12)4-13-9(7)14-10(15)8-5-16-1-2-17-8/h3-4,8H,1-2,5,12H2,(H,13,14,15). The van der Waals surface area contributed by atoms with Crippen LogP contribution in [0.25, 0.3) is 0 Å². The van der Waals surface area contributed by atoms with Gasteiger partial charge in [-0.25, -0.2) is 4.98 Å². The molecule has 0 radical (unpaired) electrons.